The van der Waals surface area contributed by atoms with Crippen molar-refractivity contribution < 1.29 is 32.2 Å². The smallest absolute Gasteiger partial charge is 0.412 e. The Balaban J connectivity index is 1.79. The standard InChI is InChI=1S/C23H32F2N6O5S/c1-14-20(13-29(27-14)21(24)25)37(35,36)30-11-15(10-28-6-5-17(32)12-28)7-18-19(30)8-16(9-26-18)31(22(33)34)23(2,3)4/h8-9,13,15,17,21,32H,5-7,10-12H2,1-4H3,(H,33,34). The number of halogens is 2. The van der Waals surface area contributed by atoms with E-state index in [1.807, 2.05) is 0 Å². The van der Waals surface area contributed by atoms with Gasteiger partial charge in [-0.1, -0.05) is 0 Å². The SMILES string of the molecule is Cc1nn(C(F)F)cc1S(=O)(=O)N1CC(CN2CCC(O)C2)Cc2ncc(N(C(=O)O)C(C)(C)C)cc21. The molecule has 0 radical (unpaired) electrons. The number of amides is 1. The summed E-state index contributed by atoms with van der Waals surface area (Å²) < 4.78 is 55.7. The maximum absolute atomic E-state index is 13.9. The van der Waals surface area contributed by atoms with Crippen LogP contribution < -0.4 is 9.21 Å². The number of β-amino-alcohol motifs (C(OH)–C–C–N with tert-alkyl or cyclic N) is 1. The Bertz CT molecular complexity index is 1280. The Hall–Kier alpha value is -2.84. The van der Waals surface area contributed by atoms with E-state index >= 15 is 0 Å². The molecule has 1 amide bonds. The average molecular weight is 543 g/mol. The number of nitrogens with zero attached hydrogens (tertiary/aromatic N) is 6. The van der Waals surface area contributed by atoms with Gasteiger partial charge in [0.1, 0.15) is 4.90 Å². The summed E-state index contributed by atoms with van der Waals surface area (Å²) in [6, 6.07) is 1.47. The van der Waals surface area contributed by atoms with Crippen LogP contribution in [0.1, 0.15) is 45.1 Å². The quantitative estimate of drug-likeness (QED) is 0.570. The maximum Gasteiger partial charge on any atom is 0.412 e. The first-order valence-corrected chi connectivity index (χ1v) is 13.4. The number of pyridine rings is 1. The number of aromatic nitrogens is 3. The van der Waals surface area contributed by atoms with Crippen molar-refractivity contribution in [1.82, 2.24) is 19.7 Å². The van der Waals surface area contributed by atoms with Crippen LogP contribution in [0.2, 0.25) is 0 Å². The van der Waals surface area contributed by atoms with Crippen molar-refractivity contribution in [3.05, 3.63) is 29.8 Å². The predicted molar refractivity (Wildman–Crippen MR) is 132 cm³/mol. The molecule has 0 saturated carbocycles. The molecule has 0 bridgehead atoms. The normalized spacial score (nSPS) is 20.9. The largest absolute Gasteiger partial charge is 0.465 e. The third kappa shape index (κ3) is 5.41. The van der Waals surface area contributed by atoms with Gasteiger partial charge in [0.25, 0.3) is 10.0 Å². The number of aliphatic hydroxyl groups excluding tert-OH is 1. The molecule has 0 aromatic carbocycles. The lowest BCUT2D eigenvalue weighted by Gasteiger charge is -2.38. The molecule has 1 fully saturated rings. The molecule has 1 saturated heterocycles. The molecular weight excluding hydrogens is 510 g/mol. The van der Waals surface area contributed by atoms with Gasteiger partial charge in [-0.3, -0.25) is 14.2 Å². The summed E-state index contributed by atoms with van der Waals surface area (Å²) in [5.74, 6) is -0.186. The van der Waals surface area contributed by atoms with Gasteiger partial charge >= 0.3 is 12.6 Å². The van der Waals surface area contributed by atoms with E-state index in [1.54, 1.807) is 20.8 Å². The number of fused-ring (bicyclic) bond motifs is 1. The van der Waals surface area contributed by atoms with E-state index in [-0.39, 0.29) is 34.4 Å². The molecule has 11 nitrogen and oxygen atoms in total. The molecule has 2 atom stereocenters. The fraction of sp³-hybridized carbons (Fsp3) is 0.609. The van der Waals surface area contributed by atoms with Gasteiger partial charge < -0.3 is 15.1 Å². The van der Waals surface area contributed by atoms with Crippen molar-refractivity contribution in [2.75, 3.05) is 35.4 Å². The number of aryl methyl sites for hydroxylation is 1. The van der Waals surface area contributed by atoms with Crippen LogP contribution in [0.5, 0.6) is 0 Å². The van der Waals surface area contributed by atoms with Crippen molar-refractivity contribution in [3.63, 3.8) is 0 Å². The number of alkyl halides is 2. The van der Waals surface area contributed by atoms with E-state index in [0.29, 0.717) is 42.9 Å². The molecule has 37 heavy (non-hydrogen) atoms. The minimum absolute atomic E-state index is 0.0367. The second-order valence-corrected chi connectivity index (χ2v) is 12.4. The van der Waals surface area contributed by atoms with Crippen LogP contribution in [-0.2, 0) is 16.4 Å². The van der Waals surface area contributed by atoms with Gasteiger partial charge in [-0.15, -0.1) is 0 Å². The molecule has 2 aromatic heterocycles. The van der Waals surface area contributed by atoms with Gasteiger partial charge in [0, 0.05) is 31.7 Å². The lowest BCUT2D eigenvalue weighted by Crippen LogP contribution is -2.46. The molecule has 2 N–H and O–H groups in total. The highest BCUT2D eigenvalue weighted by molar-refractivity contribution is 7.92. The number of hydrogen-bond donors (Lipinski definition) is 2. The molecule has 14 heteroatoms. The second-order valence-electron chi connectivity index (χ2n) is 10.6. The van der Waals surface area contributed by atoms with Crippen molar-refractivity contribution in [3.8, 4) is 0 Å². The van der Waals surface area contributed by atoms with Crippen LogP contribution in [0.15, 0.2) is 23.4 Å². The Labute approximate surface area is 214 Å². The Morgan fingerprint density at radius 2 is 2.00 bits per heavy atom. The highest BCUT2D eigenvalue weighted by Crippen LogP contribution is 2.38. The van der Waals surface area contributed by atoms with Gasteiger partial charge in [-0.05, 0) is 52.5 Å². The lowest BCUT2D eigenvalue weighted by molar-refractivity contribution is 0.0561. The van der Waals surface area contributed by atoms with Gasteiger partial charge in [0.2, 0.25) is 0 Å². The predicted octanol–water partition coefficient (Wildman–Crippen LogP) is 2.70. The van der Waals surface area contributed by atoms with E-state index in [1.165, 1.54) is 19.2 Å². The number of carboxylic acid groups (broad SMARTS) is 1. The minimum atomic E-state index is -4.35. The van der Waals surface area contributed by atoms with E-state index < -0.39 is 34.3 Å². The monoisotopic (exact) mass is 542 g/mol. The molecule has 2 aliphatic rings. The third-order valence-electron chi connectivity index (χ3n) is 6.63. The highest BCUT2D eigenvalue weighted by Gasteiger charge is 2.39. The summed E-state index contributed by atoms with van der Waals surface area (Å²) in [6.07, 6.45) is 1.64. The average Bonchev–Trinajstić information content (AvgIpc) is 3.37. The van der Waals surface area contributed by atoms with Gasteiger partial charge in [-0.2, -0.15) is 13.9 Å². The summed E-state index contributed by atoms with van der Waals surface area (Å²) in [7, 11) is -4.35. The van der Waals surface area contributed by atoms with E-state index in [9.17, 15) is 32.2 Å². The van der Waals surface area contributed by atoms with E-state index in [2.05, 4.69) is 15.0 Å². The first-order chi connectivity index (χ1) is 17.2. The fourth-order valence-electron chi connectivity index (χ4n) is 5.05. The van der Waals surface area contributed by atoms with Crippen LogP contribution >= 0.6 is 0 Å². The lowest BCUT2D eigenvalue weighted by atomic mass is 9.96. The first kappa shape index (κ1) is 27.2. The number of anilines is 2. The van der Waals surface area contributed by atoms with Crippen LogP contribution in [0, 0.1) is 12.8 Å². The molecule has 0 spiro atoms. The topological polar surface area (TPSA) is 132 Å². The molecule has 2 aliphatic heterocycles. The van der Waals surface area contributed by atoms with Gasteiger partial charge in [-0.25, -0.2) is 17.9 Å². The van der Waals surface area contributed by atoms with Crippen LogP contribution in [0.25, 0.3) is 0 Å². The number of aliphatic hydroxyl groups is 1. The number of likely N-dealkylation sites (tertiary alicyclic amines) is 1. The zero-order chi connectivity index (χ0) is 27.3. The zero-order valence-electron chi connectivity index (χ0n) is 21.2. The molecule has 0 aliphatic carbocycles. The molecule has 4 heterocycles. The van der Waals surface area contributed by atoms with Crippen LogP contribution in [0.4, 0.5) is 25.0 Å². The van der Waals surface area contributed by atoms with E-state index in [0.717, 1.165) is 15.4 Å². The summed E-state index contributed by atoms with van der Waals surface area (Å²) in [6.45, 7) is 5.19. The minimum Gasteiger partial charge on any atom is -0.465 e. The van der Waals surface area contributed by atoms with Gasteiger partial charge in [0.05, 0.1) is 41.3 Å². The van der Waals surface area contributed by atoms with Crippen LogP contribution in [0.3, 0.4) is 0 Å². The molecular formula is C23H32F2N6O5S. The second kappa shape index (κ2) is 9.80. The van der Waals surface area contributed by atoms with E-state index in [4.69, 9.17) is 0 Å². The van der Waals surface area contributed by atoms with Crippen molar-refractivity contribution in [1.29, 1.82) is 0 Å². The fourth-order valence-corrected chi connectivity index (χ4v) is 6.77. The first-order valence-electron chi connectivity index (χ1n) is 12.0. The van der Waals surface area contributed by atoms with Gasteiger partial charge in [0.15, 0.2) is 0 Å². The zero-order valence-corrected chi connectivity index (χ0v) is 22.0. The number of hydrogen-bond acceptors (Lipinski definition) is 7. The molecule has 2 unspecified atom stereocenters. The Kier molecular flexibility index (Phi) is 7.20. The van der Waals surface area contributed by atoms with Crippen molar-refractivity contribution >= 4 is 27.5 Å². The summed E-state index contributed by atoms with van der Waals surface area (Å²) >= 11 is 0. The number of carbonyl (C=O) groups is 1. The number of sulfonamides is 1. The third-order valence-corrected chi connectivity index (χ3v) is 8.51. The summed E-state index contributed by atoms with van der Waals surface area (Å²) in [4.78, 5) is 19.3. The highest BCUT2D eigenvalue weighted by atomic mass is 32.2. The molecule has 204 valence electrons. The van der Waals surface area contributed by atoms with Crippen molar-refractivity contribution in [2.45, 2.75) is 63.6 Å². The maximum atomic E-state index is 13.9. The van der Waals surface area contributed by atoms with Crippen molar-refractivity contribution in [2.24, 2.45) is 5.92 Å². The van der Waals surface area contributed by atoms with Crippen LogP contribution in [-0.4, -0.2) is 82.2 Å². The Morgan fingerprint density at radius 3 is 2.54 bits per heavy atom. The Morgan fingerprint density at radius 1 is 1.30 bits per heavy atom. The summed E-state index contributed by atoms with van der Waals surface area (Å²) in [5, 5.41) is 23.4. The molecule has 4 rings (SSSR count). The molecule has 2 aromatic rings. The number of rotatable bonds is 6. The summed E-state index contributed by atoms with van der Waals surface area (Å²) in [5.41, 5.74) is -0.0529.